The van der Waals surface area contributed by atoms with E-state index in [4.69, 9.17) is 15.6 Å². The Morgan fingerprint density at radius 3 is 2.31 bits per heavy atom. The highest BCUT2D eigenvalue weighted by Crippen LogP contribution is 2.36. The van der Waals surface area contributed by atoms with Crippen molar-refractivity contribution in [1.29, 1.82) is 0 Å². The largest absolute Gasteiger partial charge is 0.457 e. The number of piperazine rings is 1. The minimum atomic E-state index is -0.975. The lowest BCUT2D eigenvalue weighted by molar-refractivity contribution is -0.136. The second kappa shape index (κ2) is 17.9. The summed E-state index contributed by atoms with van der Waals surface area (Å²) in [6.45, 7) is 7.16. The van der Waals surface area contributed by atoms with Crippen molar-refractivity contribution in [3.63, 3.8) is 0 Å². The number of nitrogen functional groups attached to an aromatic ring is 1. The summed E-state index contributed by atoms with van der Waals surface area (Å²) in [6, 6.07) is 21.8. The molecule has 4 saturated heterocycles. The van der Waals surface area contributed by atoms with Crippen molar-refractivity contribution in [2.24, 2.45) is 5.92 Å². The number of ether oxygens (including phenoxy) is 1. The van der Waals surface area contributed by atoms with Crippen molar-refractivity contribution in [2.75, 3.05) is 69.5 Å². The van der Waals surface area contributed by atoms with Crippen molar-refractivity contribution in [1.82, 2.24) is 44.7 Å². The second-order valence-corrected chi connectivity index (χ2v) is 17.8. The van der Waals surface area contributed by atoms with E-state index in [1.807, 2.05) is 75.1 Å². The number of rotatable bonds is 10. The number of piperidine rings is 3. The number of carbonyl (C=O) groups excluding carboxylic acids is 5. The number of hydrogen-bond donors (Lipinski definition) is 2. The van der Waals surface area contributed by atoms with Gasteiger partial charge in [0.2, 0.25) is 11.8 Å². The van der Waals surface area contributed by atoms with Gasteiger partial charge in [0.15, 0.2) is 5.65 Å². The SMILES string of the molecule is Nc1ncnc2c1c(-c1ccc(Oc3ccccc3)cc1)nn2[C@@H]1CCCN(C(=O)N2CCC(CCCN3CCN(c4ccc5c(c4)C(=O)N(C4CCC(=O)NC4=O)C5=O)CC3)CC2)C1. The molecule has 0 radical (unpaired) electrons. The maximum absolute atomic E-state index is 14.0. The number of likely N-dealkylation sites (tertiary alicyclic amines) is 2. The first-order valence-electron chi connectivity index (χ1n) is 22.9. The molecule has 3 aromatic carbocycles. The Morgan fingerprint density at radius 1 is 0.785 bits per heavy atom. The molecule has 65 heavy (non-hydrogen) atoms. The average molecular weight is 880 g/mol. The Kier molecular flexibility index (Phi) is 11.6. The van der Waals surface area contributed by atoms with Crippen LogP contribution in [0.15, 0.2) is 79.1 Å². The van der Waals surface area contributed by atoms with Gasteiger partial charge in [-0.05, 0) is 112 Å². The van der Waals surface area contributed by atoms with Crippen LogP contribution in [0.3, 0.4) is 0 Å². The molecule has 336 valence electrons. The van der Waals surface area contributed by atoms with Gasteiger partial charge < -0.3 is 25.2 Å². The van der Waals surface area contributed by atoms with Gasteiger partial charge in [-0.2, -0.15) is 5.10 Å². The van der Waals surface area contributed by atoms with Gasteiger partial charge in [-0.3, -0.25) is 34.3 Å². The molecule has 5 aliphatic rings. The number of nitrogens with one attached hydrogen (secondary N) is 1. The minimum Gasteiger partial charge on any atom is -0.457 e. The molecule has 0 bridgehead atoms. The topological polar surface area (TPSA) is 192 Å². The van der Waals surface area contributed by atoms with Crippen LogP contribution in [0.25, 0.3) is 22.3 Å². The van der Waals surface area contributed by atoms with Gasteiger partial charge >= 0.3 is 6.03 Å². The molecule has 0 aliphatic carbocycles. The molecule has 10 rings (SSSR count). The fourth-order valence-electron chi connectivity index (χ4n) is 10.2. The number of fused-ring (bicyclic) bond motifs is 2. The lowest BCUT2D eigenvalue weighted by atomic mass is 9.92. The third-order valence-corrected chi connectivity index (χ3v) is 13.8. The summed E-state index contributed by atoms with van der Waals surface area (Å²) in [5, 5.41) is 8.03. The fraction of sp³-hybridized carbons (Fsp3) is 0.417. The van der Waals surface area contributed by atoms with E-state index in [1.165, 1.54) is 6.33 Å². The van der Waals surface area contributed by atoms with Crippen molar-refractivity contribution >= 4 is 52.2 Å². The highest BCUT2D eigenvalue weighted by atomic mass is 16.5. The van der Waals surface area contributed by atoms with Crippen molar-refractivity contribution < 1.29 is 28.7 Å². The van der Waals surface area contributed by atoms with Gasteiger partial charge in [-0.1, -0.05) is 18.2 Å². The number of benzene rings is 3. The van der Waals surface area contributed by atoms with Gasteiger partial charge in [0.05, 0.1) is 22.6 Å². The molecule has 1 unspecified atom stereocenters. The number of nitrogens with zero attached hydrogens (tertiary/aromatic N) is 9. The summed E-state index contributed by atoms with van der Waals surface area (Å²) < 4.78 is 7.96. The number of imide groups is 2. The molecule has 3 N–H and O–H groups in total. The Bertz CT molecular complexity index is 2620. The summed E-state index contributed by atoms with van der Waals surface area (Å²) in [7, 11) is 0. The highest BCUT2D eigenvalue weighted by molar-refractivity contribution is 6.23. The van der Waals surface area contributed by atoms with Gasteiger partial charge in [-0.15, -0.1) is 0 Å². The summed E-state index contributed by atoms with van der Waals surface area (Å²) in [6.07, 6.45) is 7.65. The van der Waals surface area contributed by atoms with E-state index in [1.54, 1.807) is 12.1 Å². The number of hydrogen-bond acceptors (Lipinski definition) is 12. The molecule has 0 spiro atoms. The van der Waals surface area contributed by atoms with Crippen LogP contribution in [-0.4, -0.2) is 134 Å². The molecular weight excluding hydrogens is 827 g/mol. The van der Waals surface area contributed by atoms with E-state index in [2.05, 4.69) is 25.1 Å². The molecule has 17 heteroatoms. The molecule has 7 heterocycles. The number of para-hydroxylation sites is 1. The molecule has 4 fully saturated rings. The smallest absolute Gasteiger partial charge is 0.320 e. The summed E-state index contributed by atoms with van der Waals surface area (Å²) in [4.78, 5) is 83.3. The molecule has 0 saturated carbocycles. The number of urea groups is 1. The van der Waals surface area contributed by atoms with Crippen LogP contribution in [0.2, 0.25) is 0 Å². The average Bonchev–Trinajstić information content (AvgIpc) is 3.85. The summed E-state index contributed by atoms with van der Waals surface area (Å²) in [5.74, 6) is 0.444. The Morgan fingerprint density at radius 2 is 1.54 bits per heavy atom. The maximum Gasteiger partial charge on any atom is 0.320 e. The van der Waals surface area contributed by atoms with E-state index in [-0.39, 0.29) is 24.9 Å². The molecular formula is C48H53N11O6. The lowest BCUT2D eigenvalue weighted by Gasteiger charge is -2.39. The number of aromatic nitrogens is 4. The molecule has 17 nitrogen and oxygen atoms in total. The third-order valence-electron chi connectivity index (χ3n) is 13.8. The molecule has 2 atom stereocenters. The van der Waals surface area contributed by atoms with Crippen LogP contribution in [0.5, 0.6) is 11.5 Å². The summed E-state index contributed by atoms with van der Waals surface area (Å²) in [5.41, 5.74) is 10.2. The number of nitrogens with two attached hydrogens (primary N) is 1. The van der Waals surface area contributed by atoms with Crippen molar-refractivity contribution in [3.8, 4) is 22.8 Å². The lowest BCUT2D eigenvalue weighted by Crippen LogP contribution is -2.54. The zero-order valence-electron chi connectivity index (χ0n) is 36.3. The van der Waals surface area contributed by atoms with E-state index < -0.39 is 29.7 Å². The Labute approximate surface area is 376 Å². The minimum absolute atomic E-state index is 0.0561. The van der Waals surface area contributed by atoms with Crippen LogP contribution < -0.4 is 20.7 Å². The van der Waals surface area contributed by atoms with E-state index >= 15 is 0 Å². The predicted octanol–water partition coefficient (Wildman–Crippen LogP) is 5.34. The molecule has 2 aromatic heterocycles. The number of carbonyl (C=O) groups is 5. The first-order valence-corrected chi connectivity index (χ1v) is 22.9. The number of amides is 6. The van der Waals surface area contributed by atoms with E-state index in [0.717, 1.165) is 106 Å². The Hall–Kier alpha value is -6.88. The normalized spacial score (nSPS) is 21.0. The van der Waals surface area contributed by atoms with Crippen molar-refractivity contribution in [3.05, 3.63) is 90.3 Å². The fourth-order valence-corrected chi connectivity index (χ4v) is 10.2. The Balaban J connectivity index is 0.686. The highest BCUT2D eigenvalue weighted by Gasteiger charge is 2.45. The summed E-state index contributed by atoms with van der Waals surface area (Å²) >= 11 is 0. The van der Waals surface area contributed by atoms with Crippen LogP contribution in [-0.2, 0) is 9.59 Å². The van der Waals surface area contributed by atoms with Gasteiger partial charge in [-0.25, -0.2) is 19.4 Å². The zero-order valence-corrected chi connectivity index (χ0v) is 36.3. The van der Waals surface area contributed by atoms with Crippen molar-refractivity contribution in [2.45, 2.75) is 63.5 Å². The van der Waals surface area contributed by atoms with Gasteiger partial charge in [0.25, 0.3) is 11.8 Å². The zero-order chi connectivity index (χ0) is 44.6. The molecule has 5 aromatic rings. The van der Waals surface area contributed by atoms with E-state index in [9.17, 15) is 24.0 Å². The van der Waals surface area contributed by atoms with Crippen LogP contribution in [0.4, 0.5) is 16.3 Å². The van der Waals surface area contributed by atoms with Crippen LogP contribution in [0, 0.1) is 5.92 Å². The standard InChI is InChI=1S/C48H53N11O6/c49-43-41-42(32-10-13-36(14-11-32)65-35-8-2-1-3-9-35)53-59(44(41)51-30-50-43)34-7-5-21-57(29-34)48(64)56-22-18-31(19-23-56)6-4-20-54-24-26-55(27-25-54)33-12-15-37-38(28-33)47(63)58(46(37)62)39-16-17-40(60)52-45(39)61/h1-3,8-15,28,30-31,34,39H,4-7,16-27,29H2,(H2,49,50,51)(H,52,60,61)/t34-,39?/m1/s1. The molecule has 6 amide bonds. The predicted molar refractivity (Wildman–Crippen MR) is 242 cm³/mol. The van der Waals surface area contributed by atoms with Gasteiger partial charge in [0.1, 0.15) is 35.4 Å². The first kappa shape index (κ1) is 42.1. The quantitative estimate of drug-likeness (QED) is 0.172. The monoisotopic (exact) mass is 879 g/mol. The second-order valence-electron chi connectivity index (χ2n) is 17.8. The maximum atomic E-state index is 14.0. The molecule has 5 aliphatic heterocycles. The first-order chi connectivity index (χ1) is 31.7. The van der Waals surface area contributed by atoms with Crippen LogP contribution in [0.1, 0.15) is 78.1 Å². The number of anilines is 2. The van der Waals surface area contributed by atoms with Crippen LogP contribution >= 0.6 is 0 Å². The van der Waals surface area contributed by atoms with E-state index in [0.29, 0.717) is 58.4 Å². The third kappa shape index (κ3) is 8.47. The van der Waals surface area contributed by atoms with Gasteiger partial charge in [0, 0.05) is 70.0 Å².